The van der Waals surface area contributed by atoms with Crippen molar-refractivity contribution in [2.75, 3.05) is 7.11 Å². The van der Waals surface area contributed by atoms with E-state index in [-0.39, 0.29) is 12.0 Å². The summed E-state index contributed by atoms with van der Waals surface area (Å²) in [5, 5.41) is 0. The van der Waals surface area contributed by atoms with Crippen molar-refractivity contribution in [2.45, 2.75) is 77.6 Å². The van der Waals surface area contributed by atoms with Crippen LogP contribution in [0.4, 0.5) is 0 Å². The maximum absolute atomic E-state index is 11.1. The van der Waals surface area contributed by atoms with Crippen LogP contribution in [-0.2, 0) is 9.53 Å². The fourth-order valence-electron chi connectivity index (χ4n) is 3.35. The molecule has 0 aromatic carbocycles. The van der Waals surface area contributed by atoms with Gasteiger partial charge in [0.05, 0.1) is 5.92 Å². The molecule has 0 aliphatic carbocycles. The Balaban J connectivity index is 5.57. The van der Waals surface area contributed by atoms with Crippen molar-refractivity contribution >= 4 is 14.4 Å². The zero-order valence-electron chi connectivity index (χ0n) is 14.5. The van der Waals surface area contributed by atoms with Crippen LogP contribution in [0, 0.1) is 17.4 Å². The van der Waals surface area contributed by atoms with Crippen LogP contribution >= 0.6 is 0 Å². The predicted molar refractivity (Wildman–Crippen MR) is 89.5 cm³/mol. The molecule has 0 spiro atoms. The first-order valence-electron chi connectivity index (χ1n) is 7.78. The van der Waals surface area contributed by atoms with Crippen LogP contribution in [-0.4, -0.2) is 27.6 Å². The highest BCUT2D eigenvalue weighted by Gasteiger charge is 2.41. The molecule has 0 bridgehead atoms. The summed E-state index contributed by atoms with van der Waals surface area (Å²) in [4.78, 5) is 11.1. The van der Waals surface area contributed by atoms with E-state index in [1.165, 1.54) is 0 Å². The lowest BCUT2D eigenvalue weighted by Crippen LogP contribution is -2.43. The summed E-state index contributed by atoms with van der Waals surface area (Å²) in [6.45, 7) is 15.8. The van der Waals surface area contributed by atoms with E-state index >= 15 is 0 Å². The Labute approximate surface area is 126 Å². The van der Waals surface area contributed by atoms with E-state index in [1.807, 2.05) is 6.92 Å². The van der Waals surface area contributed by atoms with Crippen molar-refractivity contribution in [3.63, 3.8) is 0 Å². The van der Waals surface area contributed by atoms with Crippen LogP contribution < -0.4 is 0 Å². The molecule has 2 nitrogen and oxygen atoms in total. The zero-order valence-corrected chi connectivity index (χ0v) is 15.5. The minimum Gasteiger partial charge on any atom is -0.368 e. The fraction of sp³-hybridized carbons (Fsp3) is 0.824. The largest absolute Gasteiger partial charge is 0.368 e. The fourth-order valence-corrected chi connectivity index (χ4v) is 8.61. The summed E-state index contributed by atoms with van der Waals surface area (Å²) in [6.07, 6.45) is 1.49. The molecular formula is C17H32O2Si. The molecule has 0 aromatic heterocycles. The predicted octanol–water partition coefficient (Wildman–Crippen LogP) is 4.45. The van der Waals surface area contributed by atoms with E-state index in [1.54, 1.807) is 7.11 Å². The van der Waals surface area contributed by atoms with Gasteiger partial charge < -0.3 is 9.53 Å². The van der Waals surface area contributed by atoms with Gasteiger partial charge in [-0.1, -0.05) is 54.4 Å². The molecule has 0 N–H and O–H groups in total. The lowest BCUT2D eigenvalue weighted by atomic mass is 10.0. The van der Waals surface area contributed by atoms with Gasteiger partial charge in [0.15, 0.2) is 0 Å². The molecule has 0 aromatic rings. The quantitative estimate of drug-likeness (QED) is 0.394. The van der Waals surface area contributed by atoms with Crippen molar-refractivity contribution in [2.24, 2.45) is 5.92 Å². The van der Waals surface area contributed by atoms with Gasteiger partial charge in [0.1, 0.15) is 20.5 Å². The highest BCUT2D eigenvalue weighted by molar-refractivity contribution is 6.90. The highest BCUT2D eigenvalue weighted by Crippen LogP contribution is 2.40. The third kappa shape index (κ3) is 4.20. The monoisotopic (exact) mass is 296 g/mol. The van der Waals surface area contributed by atoms with Gasteiger partial charge in [0, 0.05) is 7.11 Å². The lowest BCUT2D eigenvalue weighted by Gasteiger charge is -2.38. The first-order chi connectivity index (χ1) is 9.27. The molecule has 0 rings (SSSR count). The smallest absolute Gasteiger partial charge is 0.146 e. The van der Waals surface area contributed by atoms with Gasteiger partial charge in [0.2, 0.25) is 0 Å². The molecule has 0 aliphatic heterocycles. The van der Waals surface area contributed by atoms with Gasteiger partial charge in [0.25, 0.3) is 0 Å². The Bertz CT molecular complexity index is 328. The standard InChI is InChI=1S/C17H32O2Si/c1-9-16(12-18)17(19-8)10-11-20(13(2)3,14(4)5)15(6)7/h12-17H,9H2,1-8H3/t16-,17-/m0/s1. The summed E-state index contributed by atoms with van der Waals surface area (Å²) in [5.74, 6) is 3.19. The van der Waals surface area contributed by atoms with Crippen molar-refractivity contribution in [3.8, 4) is 11.5 Å². The third-order valence-electron chi connectivity index (χ3n) is 4.59. The van der Waals surface area contributed by atoms with Crippen molar-refractivity contribution < 1.29 is 9.53 Å². The Hall–Kier alpha value is -0.593. The number of aldehydes is 1. The Morgan fingerprint density at radius 3 is 1.75 bits per heavy atom. The van der Waals surface area contributed by atoms with Crippen LogP contribution in [0.2, 0.25) is 16.6 Å². The average molecular weight is 297 g/mol. The Morgan fingerprint density at radius 1 is 1.05 bits per heavy atom. The van der Waals surface area contributed by atoms with Gasteiger partial charge in [-0.15, -0.1) is 5.54 Å². The van der Waals surface area contributed by atoms with Gasteiger partial charge >= 0.3 is 0 Å². The summed E-state index contributed by atoms with van der Waals surface area (Å²) < 4.78 is 5.45. The van der Waals surface area contributed by atoms with Crippen LogP contribution in [0.5, 0.6) is 0 Å². The van der Waals surface area contributed by atoms with E-state index in [0.717, 1.165) is 12.7 Å². The number of rotatable bonds is 7. The topological polar surface area (TPSA) is 26.3 Å². The number of carbonyl (C=O) groups is 1. The third-order valence-corrected chi connectivity index (χ3v) is 10.9. The second kappa shape index (κ2) is 8.64. The molecule has 116 valence electrons. The summed E-state index contributed by atoms with van der Waals surface area (Å²) in [6, 6.07) is 0. The van der Waals surface area contributed by atoms with Crippen LogP contribution in [0.15, 0.2) is 0 Å². The van der Waals surface area contributed by atoms with Crippen LogP contribution in [0.25, 0.3) is 0 Å². The van der Waals surface area contributed by atoms with Crippen molar-refractivity contribution in [1.82, 2.24) is 0 Å². The van der Waals surface area contributed by atoms with Crippen molar-refractivity contribution in [3.05, 3.63) is 0 Å². The molecule has 0 unspecified atom stereocenters. The molecule has 0 saturated carbocycles. The maximum Gasteiger partial charge on any atom is 0.146 e. The molecule has 3 heteroatoms. The summed E-state index contributed by atoms with van der Waals surface area (Å²) >= 11 is 0. The number of hydrogen-bond acceptors (Lipinski definition) is 2. The molecular weight excluding hydrogens is 264 g/mol. The van der Waals surface area contributed by atoms with Crippen LogP contribution in [0.1, 0.15) is 54.9 Å². The van der Waals surface area contributed by atoms with Gasteiger partial charge in [-0.05, 0) is 23.0 Å². The molecule has 0 aliphatic rings. The first-order valence-corrected chi connectivity index (χ1v) is 10.0. The molecule has 0 radical (unpaired) electrons. The Kier molecular flexibility index (Phi) is 8.38. The molecule has 2 atom stereocenters. The molecule has 0 saturated heterocycles. The van der Waals surface area contributed by atoms with E-state index < -0.39 is 8.07 Å². The van der Waals surface area contributed by atoms with E-state index in [0.29, 0.717) is 16.6 Å². The molecule has 0 fully saturated rings. The molecule has 20 heavy (non-hydrogen) atoms. The van der Waals surface area contributed by atoms with Crippen LogP contribution in [0.3, 0.4) is 0 Å². The van der Waals surface area contributed by atoms with E-state index in [2.05, 4.69) is 53.0 Å². The van der Waals surface area contributed by atoms with E-state index in [4.69, 9.17) is 4.74 Å². The Morgan fingerprint density at radius 2 is 1.50 bits per heavy atom. The average Bonchev–Trinajstić information content (AvgIpc) is 2.37. The second-order valence-electron chi connectivity index (χ2n) is 6.53. The van der Waals surface area contributed by atoms with Crippen molar-refractivity contribution in [1.29, 1.82) is 0 Å². The normalized spacial score (nSPS) is 15.2. The van der Waals surface area contributed by atoms with Gasteiger partial charge in [-0.25, -0.2) is 0 Å². The number of hydrogen-bond donors (Lipinski definition) is 0. The van der Waals surface area contributed by atoms with Gasteiger partial charge in [-0.3, -0.25) is 0 Å². The number of methoxy groups -OCH3 is 1. The minimum absolute atomic E-state index is 0.120. The summed E-state index contributed by atoms with van der Waals surface area (Å²) in [5.41, 5.74) is 5.44. The zero-order chi connectivity index (χ0) is 15.9. The number of ether oxygens (including phenoxy) is 1. The van der Waals surface area contributed by atoms with Gasteiger partial charge in [-0.2, -0.15) is 0 Å². The molecule has 0 heterocycles. The lowest BCUT2D eigenvalue weighted by molar-refractivity contribution is -0.113. The maximum atomic E-state index is 11.1. The SMILES string of the molecule is CC[C@@H](C=O)[C@H](C#C[Si](C(C)C)(C(C)C)C(C)C)OC. The first kappa shape index (κ1) is 19.4. The number of carbonyl (C=O) groups excluding carboxylic acids is 1. The highest BCUT2D eigenvalue weighted by atomic mass is 28.3. The molecule has 0 amide bonds. The van der Waals surface area contributed by atoms with E-state index in [9.17, 15) is 4.79 Å². The second-order valence-corrected chi connectivity index (χ2v) is 12.1. The summed E-state index contributed by atoms with van der Waals surface area (Å²) in [7, 11) is -0.0874. The minimum atomic E-state index is -1.74.